The highest BCUT2D eigenvalue weighted by molar-refractivity contribution is 4.87. The van der Waals surface area contributed by atoms with E-state index in [9.17, 15) is 5.11 Å². The second-order valence-corrected chi connectivity index (χ2v) is 6.38. The van der Waals surface area contributed by atoms with Gasteiger partial charge in [-0.2, -0.15) is 0 Å². The van der Waals surface area contributed by atoms with Gasteiger partial charge in [0.25, 0.3) is 0 Å². The molecule has 2 saturated heterocycles. The molecule has 0 spiro atoms. The molecule has 1 unspecified atom stereocenters. The normalized spacial score (nSPS) is 29.0. The number of hydrogen-bond donors (Lipinski definition) is 1. The summed E-state index contributed by atoms with van der Waals surface area (Å²) in [6.07, 6.45) is 8.01. The molecule has 2 aliphatic rings. The van der Waals surface area contributed by atoms with Crippen LogP contribution in [0, 0.1) is 0 Å². The second kappa shape index (κ2) is 6.36. The minimum absolute atomic E-state index is 0.399. The molecule has 0 aliphatic carbocycles. The highest BCUT2D eigenvalue weighted by atomic mass is 16.5. The minimum atomic E-state index is -0.399. The van der Waals surface area contributed by atoms with Crippen LogP contribution in [0.25, 0.3) is 0 Å². The molecule has 0 amide bonds. The van der Waals surface area contributed by atoms with Crippen LogP contribution < -0.4 is 0 Å². The van der Waals surface area contributed by atoms with E-state index in [1.165, 1.54) is 12.8 Å². The maximum Gasteiger partial charge on any atom is 0.0672 e. The van der Waals surface area contributed by atoms with E-state index >= 15 is 0 Å². The average molecular weight is 255 g/mol. The summed E-state index contributed by atoms with van der Waals surface area (Å²) in [4.78, 5) is 2.47. The van der Waals surface area contributed by atoms with Crippen molar-refractivity contribution in [3.63, 3.8) is 0 Å². The summed E-state index contributed by atoms with van der Waals surface area (Å²) in [7, 11) is 0. The van der Waals surface area contributed by atoms with E-state index in [4.69, 9.17) is 4.74 Å². The van der Waals surface area contributed by atoms with Gasteiger partial charge in [-0.1, -0.05) is 0 Å². The van der Waals surface area contributed by atoms with Crippen molar-refractivity contribution in [2.75, 3.05) is 19.7 Å². The lowest BCUT2D eigenvalue weighted by molar-refractivity contribution is -0.0373. The van der Waals surface area contributed by atoms with Gasteiger partial charge < -0.3 is 14.7 Å². The van der Waals surface area contributed by atoms with Crippen LogP contribution in [0.3, 0.4) is 0 Å². The molecule has 0 radical (unpaired) electrons. The standard InChI is InChI=1S/C15H29NO2/c1-13(2)16-10-8-15(17,9-11-16)7-3-5-14-6-4-12-18-14/h13-14,17H,3-12H2,1-2H3. The predicted molar refractivity (Wildman–Crippen MR) is 73.7 cm³/mol. The van der Waals surface area contributed by atoms with E-state index in [1.807, 2.05) is 0 Å². The van der Waals surface area contributed by atoms with Crippen molar-refractivity contribution in [3.8, 4) is 0 Å². The fraction of sp³-hybridized carbons (Fsp3) is 1.00. The summed E-state index contributed by atoms with van der Waals surface area (Å²) in [5.41, 5.74) is -0.399. The number of ether oxygens (including phenoxy) is 1. The molecule has 0 saturated carbocycles. The molecule has 0 bridgehead atoms. The molecule has 2 fully saturated rings. The lowest BCUT2D eigenvalue weighted by Crippen LogP contribution is -2.46. The smallest absolute Gasteiger partial charge is 0.0672 e. The van der Waals surface area contributed by atoms with Gasteiger partial charge in [-0.15, -0.1) is 0 Å². The first kappa shape index (κ1) is 14.3. The zero-order valence-electron chi connectivity index (χ0n) is 12.0. The maximum absolute atomic E-state index is 10.6. The third-order valence-electron chi connectivity index (χ3n) is 4.65. The predicted octanol–water partition coefficient (Wildman–Crippen LogP) is 2.57. The maximum atomic E-state index is 10.6. The van der Waals surface area contributed by atoms with Crippen LogP contribution in [0.5, 0.6) is 0 Å². The first-order valence-corrected chi connectivity index (χ1v) is 7.67. The van der Waals surface area contributed by atoms with E-state index in [0.29, 0.717) is 12.1 Å². The van der Waals surface area contributed by atoms with Crippen LogP contribution in [-0.2, 0) is 4.74 Å². The molecule has 1 atom stereocenters. The van der Waals surface area contributed by atoms with Crippen LogP contribution in [0.1, 0.15) is 58.8 Å². The monoisotopic (exact) mass is 255 g/mol. The van der Waals surface area contributed by atoms with Crippen LogP contribution >= 0.6 is 0 Å². The third-order valence-corrected chi connectivity index (χ3v) is 4.65. The van der Waals surface area contributed by atoms with Gasteiger partial charge in [0.1, 0.15) is 0 Å². The number of rotatable bonds is 5. The van der Waals surface area contributed by atoms with Crippen molar-refractivity contribution in [2.45, 2.75) is 76.5 Å². The molecule has 0 aromatic heterocycles. The van der Waals surface area contributed by atoms with E-state index in [1.54, 1.807) is 0 Å². The molecule has 3 heteroatoms. The van der Waals surface area contributed by atoms with Crippen LogP contribution in [0.15, 0.2) is 0 Å². The molecule has 0 aromatic carbocycles. The van der Waals surface area contributed by atoms with Crippen molar-refractivity contribution in [1.29, 1.82) is 0 Å². The Bertz CT molecular complexity index is 241. The van der Waals surface area contributed by atoms with E-state index < -0.39 is 5.60 Å². The molecular weight excluding hydrogens is 226 g/mol. The van der Waals surface area contributed by atoms with Crippen LogP contribution in [-0.4, -0.2) is 47.4 Å². The molecule has 106 valence electrons. The zero-order valence-corrected chi connectivity index (χ0v) is 12.0. The first-order valence-electron chi connectivity index (χ1n) is 7.67. The Morgan fingerprint density at radius 2 is 2.06 bits per heavy atom. The largest absolute Gasteiger partial charge is 0.390 e. The highest BCUT2D eigenvalue weighted by Crippen LogP contribution is 2.29. The third kappa shape index (κ3) is 3.94. The van der Waals surface area contributed by atoms with Crippen molar-refractivity contribution in [3.05, 3.63) is 0 Å². The highest BCUT2D eigenvalue weighted by Gasteiger charge is 2.32. The van der Waals surface area contributed by atoms with Gasteiger partial charge in [0.15, 0.2) is 0 Å². The van der Waals surface area contributed by atoms with Gasteiger partial charge in [-0.25, -0.2) is 0 Å². The van der Waals surface area contributed by atoms with Gasteiger partial charge in [0, 0.05) is 25.7 Å². The Morgan fingerprint density at radius 3 is 2.61 bits per heavy atom. The van der Waals surface area contributed by atoms with Gasteiger partial charge in [-0.3, -0.25) is 0 Å². The Hall–Kier alpha value is -0.120. The summed E-state index contributed by atoms with van der Waals surface area (Å²) >= 11 is 0. The fourth-order valence-electron chi connectivity index (χ4n) is 3.24. The second-order valence-electron chi connectivity index (χ2n) is 6.38. The first-order chi connectivity index (χ1) is 8.59. The molecule has 2 aliphatic heterocycles. The van der Waals surface area contributed by atoms with Crippen molar-refractivity contribution < 1.29 is 9.84 Å². The Kier molecular flexibility index (Phi) is 5.05. The van der Waals surface area contributed by atoms with E-state index in [2.05, 4.69) is 18.7 Å². The lowest BCUT2D eigenvalue weighted by atomic mass is 9.85. The van der Waals surface area contributed by atoms with Crippen LogP contribution in [0.4, 0.5) is 0 Å². The van der Waals surface area contributed by atoms with Crippen molar-refractivity contribution >= 4 is 0 Å². The number of likely N-dealkylation sites (tertiary alicyclic amines) is 1. The molecule has 3 nitrogen and oxygen atoms in total. The summed E-state index contributed by atoms with van der Waals surface area (Å²) < 4.78 is 5.63. The summed E-state index contributed by atoms with van der Waals surface area (Å²) in [6.45, 7) is 7.52. The number of nitrogens with zero attached hydrogens (tertiary/aromatic N) is 1. The topological polar surface area (TPSA) is 32.7 Å². The molecule has 1 N–H and O–H groups in total. The summed E-state index contributed by atoms with van der Waals surface area (Å²) in [6, 6.07) is 0.612. The van der Waals surface area contributed by atoms with Crippen LogP contribution in [0.2, 0.25) is 0 Å². The number of piperidine rings is 1. The molecule has 2 heterocycles. The summed E-state index contributed by atoms with van der Waals surface area (Å²) in [5, 5.41) is 10.6. The minimum Gasteiger partial charge on any atom is -0.390 e. The zero-order chi connectivity index (χ0) is 13.0. The Labute approximate surface area is 112 Å². The van der Waals surface area contributed by atoms with Gasteiger partial charge in [-0.05, 0) is 58.8 Å². The number of hydrogen-bond acceptors (Lipinski definition) is 3. The molecular formula is C15H29NO2. The van der Waals surface area contributed by atoms with Gasteiger partial charge in [0.05, 0.1) is 11.7 Å². The lowest BCUT2D eigenvalue weighted by Gasteiger charge is -2.40. The van der Waals surface area contributed by atoms with Gasteiger partial charge in [0.2, 0.25) is 0 Å². The summed E-state index contributed by atoms with van der Waals surface area (Å²) in [5.74, 6) is 0. The van der Waals surface area contributed by atoms with Gasteiger partial charge >= 0.3 is 0 Å². The van der Waals surface area contributed by atoms with E-state index in [0.717, 1.165) is 51.8 Å². The Balaban J connectivity index is 1.65. The molecule has 18 heavy (non-hydrogen) atoms. The Morgan fingerprint density at radius 1 is 1.33 bits per heavy atom. The van der Waals surface area contributed by atoms with Crippen molar-refractivity contribution in [2.24, 2.45) is 0 Å². The SMILES string of the molecule is CC(C)N1CCC(O)(CCCC2CCCO2)CC1. The fourth-order valence-corrected chi connectivity index (χ4v) is 3.24. The van der Waals surface area contributed by atoms with Crippen molar-refractivity contribution in [1.82, 2.24) is 4.90 Å². The average Bonchev–Trinajstić information content (AvgIpc) is 2.82. The molecule has 0 aromatic rings. The number of aliphatic hydroxyl groups is 1. The molecule has 2 rings (SSSR count). The quantitative estimate of drug-likeness (QED) is 0.819. The van der Waals surface area contributed by atoms with E-state index in [-0.39, 0.29) is 0 Å².